The van der Waals surface area contributed by atoms with Gasteiger partial charge in [-0.3, -0.25) is 14.4 Å². The SMILES string of the molecule is CC(=O)Nc1ccc(NC(=O)C2CCN(C(=O)c3cccc4ccccc34)CC2)cc1. The van der Waals surface area contributed by atoms with Crippen molar-refractivity contribution < 1.29 is 14.4 Å². The van der Waals surface area contributed by atoms with Crippen LogP contribution in [0.3, 0.4) is 0 Å². The van der Waals surface area contributed by atoms with Gasteiger partial charge in [-0.05, 0) is 53.9 Å². The molecule has 158 valence electrons. The molecule has 6 nitrogen and oxygen atoms in total. The highest BCUT2D eigenvalue weighted by Crippen LogP contribution is 2.24. The number of benzene rings is 3. The first-order valence-corrected chi connectivity index (χ1v) is 10.5. The van der Waals surface area contributed by atoms with E-state index in [0.717, 1.165) is 10.8 Å². The standard InChI is InChI=1S/C25H25N3O3/c1-17(29)26-20-9-11-21(12-10-20)27-24(30)19-13-15-28(16-14-19)25(31)23-8-4-6-18-5-2-3-7-22(18)23/h2-12,19H,13-16H2,1H3,(H,26,29)(H,27,30). The van der Waals surface area contributed by atoms with E-state index in [1.807, 2.05) is 47.4 Å². The predicted molar refractivity (Wildman–Crippen MR) is 122 cm³/mol. The highest BCUT2D eigenvalue weighted by molar-refractivity contribution is 6.07. The molecule has 0 bridgehead atoms. The number of amides is 3. The van der Waals surface area contributed by atoms with Crippen LogP contribution in [-0.2, 0) is 9.59 Å². The van der Waals surface area contributed by atoms with Crippen LogP contribution in [0.1, 0.15) is 30.1 Å². The van der Waals surface area contributed by atoms with Gasteiger partial charge in [0.1, 0.15) is 0 Å². The number of nitrogens with one attached hydrogen (secondary N) is 2. The molecule has 1 heterocycles. The Balaban J connectivity index is 1.35. The molecule has 0 spiro atoms. The number of carbonyl (C=O) groups excluding carboxylic acids is 3. The Morgan fingerprint density at radius 3 is 2.10 bits per heavy atom. The summed E-state index contributed by atoms with van der Waals surface area (Å²) in [6.45, 7) is 2.57. The molecule has 0 aliphatic carbocycles. The largest absolute Gasteiger partial charge is 0.339 e. The van der Waals surface area contributed by atoms with Crippen LogP contribution in [0, 0.1) is 5.92 Å². The van der Waals surface area contributed by atoms with Gasteiger partial charge >= 0.3 is 0 Å². The summed E-state index contributed by atoms with van der Waals surface area (Å²) in [6.07, 6.45) is 1.26. The molecule has 4 rings (SSSR count). The van der Waals surface area contributed by atoms with Crippen LogP contribution >= 0.6 is 0 Å². The number of likely N-dealkylation sites (tertiary alicyclic amines) is 1. The zero-order valence-electron chi connectivity index (χ0n) is 17.4. The van der Waals surface area contributed by atoms with Crippen LogP contribution in [0.4, 0.5) is 11.4 Å². The van der Waals surface area contributed by atoms with Crippen LogP contribution in [0.15, 0.2) is 66.7 Å². The van der Waals surface area contributed by atoms with Gasteiger partial charge in [-0.1, -0.05) is 36.4 Å². The lowest BCUT2D eigenvalue weighted by atomic mass is 9.94. The molecule has 1 fully saturated rings. The fourth-order valence-corrected chi connectivity index (χ4v) is 4.01. The van der Waals surface area contributed by atoms with Crippen molar-refractivity contribution in [1.29, 1.82) is 0 Å². The summed E-state index contributed by atoms with van der Waals surface area (Å²) in [7, 11) is 0. The highest BCUT2D eigenvalue weighted by Gasteiger charge is 2.28. The molecule has 31 heavy (non-hydrogen) atoms. The first kappa shape index (κ1) is 20.6. The van der Waals surface area contributed by atoms with Crippen molar-refractivity contribution >= 4 is 39.9 Å². The topological polar surface area (TPSA) is 78.5 Å². The van der Waals surface area contributed by atoms with Gasteiger partial charge in [-0.25, -0.2) is 0 Å². The number of hydrogen-bond donors (Lipinski definition) is 2. The number of nitrogens with zero attached hydrogens (tertiary/aromatic N) is 1. The lowest BCUT2D eigenvalue weighted by Gasteiger charge is -2.31. The Labute approximate surface area is 181 Å². The summed E-state index contributed by atoms with van der Waals surface area (Å²) < 4.78 is 0. The predicted octanol–water partition coefficient (Wildman–Crippen LogP) is 4.29. The van der Waals surface area contributed by atoms with Crippen molar-refractivity contribution in [3.8, 4) is 0 Å². The fraction of sp³-hybridized carbons (Fsp3) is 0.240. The first-order valence-electron chi connectivity index (χ1n) is 10.5. The molecule has 0 saturated carbocycles. The molecule has 1 aliphatic rings. The van der Waals surface area contributed by atoms with E-state index in [9.17, 15) is 14.4 Å². The molecule has 3 amide bonds. The molecule has 0 radical (unpaired) electrons. The van der Waals surface area contributed by atoms with E-state index in [-0.39, 0.29) is 23.6 Å². The van der Waals surface area contributed by atoms with Gasteiger partial charge in [0.2, 0.25) is 11.8 Å². The maximum absolute atomic E-state index is 13.1. The molecule has 0 aromatic heterocycles. The van der Waals surface area contributed by atoms with Crippen molar-refractivity contribution in [2.45, 2.75) is 19.8 Å². The number of hydrogen-bond acceptors (Lipinski definition) is 3. The van der Waals surface area contributed by atoms with Crippen molar-refractivity contribution in [2.24, 2.45) is 5.92 Å². The van der Waals surface area contributed by atoms with Crippen LogP contribution in [0.2, 0.25) is 0 Å². The Morgan fingerprint density at radius 2 is 1.42 bits per heavy atom. The summed E-state index contributed by atoms with van der Waals surface area (Å²) in [5.41, 5.74) is 2.08. The second-order valence-corrected chi connectivity index (χ2v) is 7.84. The van der Waals surface area contributed by atoms with E-state index in [0.29, 0.717) is 42.9 Å². The van der Waals surface area contributed by atoms with E-state index >= 15 is 0 Å². The van der Waals surface area contributed by atoms with Crippen molar-refractivity contribution in [3.05, 3.63) is 72.3 Å². The van der Waals surface area contributed by atoms with Crippen molar-refractivity contribution in [2.75, 3.05) is 23.7 Å². The minimum atomic E-state index is -0.137. The third kappa shape index (κ3) is 4.74. The molecule has 3 aromatic rings. The van der Waals surface area contributed by atoms with E-state index in [1.165, 1.54) is 6.92 Å². The average molecular weight is 415 g/mol. The summed E-state index contributed by atoms with van der Waals surface area (Å²) >= 11 is 0. The lowest BCUT2D eigenvalue weighted by molar-refractivity contribution is -0.121. The minimum absolute atomic E-state index is 0.0178. The molecule has 3 aromatic carbocycles. The van der Waals surface area contributed by atoms with Gasteiger partial charge in [0, 0.05) is 42.9 Å². The van der Waals surface area contributed by atoms with E-state index < -0.39 is 0 Å². The number of anilines is 2. The maximum Gasteiger partial charge on any atom is 0.254 e. The van der Waals surface area contributed by atoms with Gasteiger partial charge in [0.25, 0.3) is 5.91 Å². The number of fused-ring (bicyclic) bond motifs is 1. The van der Waals surface area contributed by atoms with Crippen molar-refractivity contribution in [1.82, 2.24) is 4.90 Å². The average Bonchev–Trinajstić information content (AvgIpc) is 2.79. The van der Waals surface area contributed by atoms with Crippen LogP contribution in [-0.4, -0.2) is 35.7 Å². The molecule has 1 aliphatic heterocycles. The number of carbonyl (C=O) groups is 3. The third-order valence-corrected chi connectivity index (χ3v) is 5.65. The zero-order valence-corrected chi connectivity index (χ0v) is 17.4. The molecule has 0 unspecified atom stereocenters. The second kappa shape index (κ2) is 9.00. The minimum Gasteiger partial charge on any atom is -0.339 e. The van der Waals surface area contributed by atoms with Gasteiger partial charge in [-0.15, -0.1) is 0 Å². The number of rotatable bonds is 4. The summed E-state index contributed by atoms with van der Waals surface area (Å²) in [5.74, 6) is -0.290. The Hall–Kier alpha value is -3.67. The highest BCUT2D eigenvalue weighted by atomic mass is 16.2. The van der Waals surface area contributed by atoms with Gasteiger partial charge in [0.05, 0.1) is 0 Å². The normalized spacial score (nSPS) is 14.3. The van der Waals surface area contributed by atoms with Crippen LogP contribution in [0.5, 0.6) is 0 Å². The molecular formula is C25H25N3O3. The maximum atomic E-state index is 13.1. The Bertz CT molecular complexity index is 1110. The summed E-state index contributed by atoms with van der Waals surface area (Å²) in [4.78, 5) is 38.7. The second-order valence-electron chi connectivity index (χ2n) is 7.84. The Morgan fingerprint density at radius 1 is 0.806 bits per heavy atom. The Kier molecular flexibility index (Phi) is 5.98. The zero-order chi connectivity index (χ0) is 21.8. The monoisotopic (exact) mass is 415 g/mol. The summed E-state index contributed by atoms with van der Waals surface area (Å²) in [5, 5.41) is 7.64. The van der Waals surface area contributed by atoms with Gasteiger partial charge < -0.3 is 15.5 Å². The van der Waals surface area contributed by atoms with Crippen LogP contribution < -0.4 is 10.6 Å². The first-order chi connectivity index (χ1) is 15.0. The van der Waals surface area contributed by atoms with E-state index in [1.54, 1.807) is 24.3 Å². The molecular weight excluding hydrogens is 390 g/mol. The third-order valence-electron chi connectivity index (χ3n) is 5.65. The van der Waals surface area contributed by atoms with Crippen LogP contribution in [0.25, 0.3) is 10.8 Å². The van der Waals surface area contributed by atoms with Gasteiger partial charge in [-0.2, -0.15) is 0 Å². The summed E-state index contributed by atoms with van der Waals surface area (Å²) in [6, 6.07) is 20.7. The smallest absolute Gasteiger partial charge is 0.254 e. The van der Waals surface area contributed by atoms with Gasteiger partial charge in [0.15, 0.2) is 0 Å². The van der Waals surface area contributed by atoms with E-state index in [2.05, 4.69) is 10.6 Å². The lowest BCUT2D eigenvalue weighted by Crippen LogP contribution is -2.41. The quantitative estimate of drug-likeness (QED) is 0.667. The molecule has 0 atom stereocenters. The number of piperidine rings is 1. The van der Waals surface area contributed by atoms with E-state index in [4.69, 9.17) is 0 Å². The molecule has 1 saturated heterocycles. The molecule has 6 heteroatoms. The van der Waals surface area contributed by atoms with Crippen molar-refractivity contribution in [3.63, 3.8) is 0 Å². The fourth-order valence-electron chi connectivity index (χ4n) is 4.01. The molecule has 2 N–H and O–H groups in total.